The van der Waals surface area contributed by atoms with Crippen LogP contribution in [0.5, 0.6) is 5.75 Å². The molecule has 1 aromatic carbocycles. The highest BCUT2D eigenvalue weighted by Crippen LogP contribution is 2.21. The first-order valence-electron chi connectivity index (χ1n) is 14.9. The Morgan fingerprint density at radius 3 is 1.92 bits per heavy atom. The average Bonchev–Trinajstić information content (AvgIpc) is 2.91. The predicted octanol–water partition coefficient (Wildman–Crippen LogP) is 7.35. The molecule has 2 rings (SSSR count). The van der Waals surface area contributed by atoms with Gasteiger partial charge in [0, 0.05) is 6.54 Å². The van der Waals surface area contributed by atoms with Crippen LogP contribution in [-0.4, -0.2) is 42.3 Å². The second-order valence-corrected chi connectivity index (χ2v) is 9.44. The van der Waals surface area contributed by atoms with Crippen molar-refractivity contribution in [3.8, 4) is 5.75 Å². The Bertz CT molecular complexity index is 744. The lowest BCUT2D eigenvalue weighted by Gasteiger charge is -2.20. The lowest BCUT2D eigenvalue weighted by atomic mass is 9.91. The van der Waals surface area contributed by atoms with Gasteiger partial charge in [0.2, 0.25) is 0 Å². The molecule has 8 heteroatoms. The van der Waals surface area contributed by atoms with E-state index < -0.39 is 18.1 Å². The van der Waals surface area contributed by atoms with Crippen LogP contribution in [-0.2, 0) is 20.9 Å². The summed E-state index contributed by atoms with van der Waals surface area (Å²) in [7, 11) is 0. The number of hydrogen-bond acceptors (Lipinski definition) is 5. The van der Waals surface area contributed by atoms with Crippen molar-refractivity contribution in [2.75, 3.05) is 13.2 Å². The quantitative estimate of drug-likeness (QED) is 0.280. The summed E-state index contributed by atoms with van der Waals surface area (Å²) in [6.45, 7) is 16.3. The fraction of sp³-hybridized carbons (Fsp3) is 0.710. The fourth-order valence-corrected chi connectivity index (χ4v) is 3.72. The number of nitrogens with one attached hydrogen (secondary N) is 2. The minimum atomic E-state index is -1.10. The maximum absolute atomic E-state index is 12.1. The first kappa shape index (κ1) is 38.4. The minimum Gasteiger partial charge on any atom is -0.484 e. The predicted molar refractivity (Wildman–Crippen MR) is 159 cm³/mol. The summed E-state index contributed by atoms with van der Waals surface area (Å²) < 4.78 is 10.6. The SMILES string of the molecule is CC.CC.CC(C)C(NC(=O)OCc1ccc(OCC(=O)NCC2CCCCCCC2)cc1)C(=O)O.CCC. The minimum absolute atomic E-state index is 0.00157. The van der Waals surface area contributed by atoms with Crippen molar-refractivity contribution in [3.63, 3.8) is 0 Å². The second-order valence-electron chi connectivity index (χ2n) is 9.44. The molecule has 0 bridgehead atoms. The van der Waals surface area contributed by atoms with E-state index in [-0.39, 0.29) is 25.0 Å². The summed E-state index contributed by atoms with van der Waals surface area (Å²) in [5.41, 5.74) is 0.720. The van der Waals surface area contributed by atoms with E-state index in [1.54, 1.807) is 38.1 Å². The molecule has 226 valence electrons. The van der Waals surface area contributed by atoms with Gasteiger partial charge in [-0.25, -0.2) is 9.59 Å². The Morgan fingerprint density at radius 2 is 1.44 bits per heavy atom. The number of carbonyl (C=O) groups excluding carboxylic acids is 2. The number of ether oxygens (including phenoxy) is 2. The van der Waals surface area contributed by atoms with Gasteiger partial charge >= 0.3 is 12.1 Å². The number of carboxylic acids is 1. The van der Waals surface area contributed by atoms with Crippen LogP contribution in [0, 0.1) is 11.8 Å². The first-order valence-corrected chi connectivity index (χ1v) is 14.9. The normalized spacial score (nSPS) is 13.8. The van der Waals surface area contributed by atoms with E-state index in [4.69, 9.17) is 14.6 Å². The van der Waals surface area contributed by atoms with Crippen LogP contribution in [0.25, 0.3) is 0 Å². The molecule has 8 nitrogen and oxygen atoms in total. The highest BCUT2D eigenvalue weighted by Gasteiger charge is 2.24. The van der Waals surface area contributed by atoms with Crippen LogP contribution in [0.15, 0.2) is 24.3 Å². The van der Waals surface area contributed by atoms with Gasteiger partial charge in [0.25, 0.3) is 5.91 Å². The molecule has 39 heavy (non-hydrogen) atoms. The summed E-state index contributed by atoms with van der Waals surface area (Å²) in [6.07, 6.45) is 9.22. The standard InChI is InChI=1S/C24H36N2O6.C3H8.2C2H6/c1-17(2)22(23(28)29)26-24(30)32-15-19-10-12-20(13-11-19)31-16-21(27)25-14-18-8-6-4-3-5-7-9-18;1-3-2;2*1-2/h10-13,17-18,22H,3-9,14-16H2,1-2H3,(H,25,27)(H,26,30)(H,28,29);3H2,1-2H3;2*1-2H3. The summed E-state index contributed by atoms with van der Waals surface area (Å²) in [5.74, 6) is -0.390. The number of alkyl carbamates (subject to hydrolysis) is 1. The van der Waals surface area contributed by atoms with Gasteiger partial charge < -0.3 is 25.2 Å². The van der Waals surface area contributed by atoms with E-state index in [2.05, 4.69) is 24.5 Å². The summed E-state index contributed by atoms with van der Waals surface area (Å²) in [6, 6.07) is 5.86. The number of hydrogen-bond donors (Lipinski definition) is 3. The molecular formula is C31H56N2O6. The molecule has 0 aromatic heterocycles. The number of amides is 2. The third-order valence-electron chi connectivity index (χ3n) is 5.68. The molecule has 0 aliphatic heterocycles. The summed E-state index contributed by atoms with van der Waals surface area (Å²) >= 11 is 0. The van der Waals surface area contributed by atoms with Crippen LogP contribution in [0.1, 0.15) is 112 Å². The molecule has 3 N–H and O–H groups in total. The van der Waals surface area contributed by atoms with Gasteiger partial charge in [-0.05, 0) is 42.4 Å². The summed E-state index contributed by atoms with van der Waals surface area (Å²) in [4.78, 5) is 35.1. The van der Waals surface area contributed by atoms with Crippen LogP contribution >= 0.6 is 0 Å². The average molecular weight is 553 g/mol. The van der Waals surface area contributed by atoms with Crippen molar-refractivity contribution in [3.05, 3.63) is 29.8 Å². The van der Waals surface area contributed by atoms with Gasteiger partial charge in [0.1, 0.15) is 18.4 Å². The smallest absolute Gasteiger partial charge is 0.408 e. The Hall–Kier alpha value is -2.77. The number of rotatable bonds is 10. The van der Waals surface area contributed by atoms with Crippen molar-refractivity contribution in [2.24, 2.45) is 11.8 Å². The number of carbonyl (C=O) groups is 3. The van der Waals surface area contributed by atoms with Crippen LogP contribution in [0.4, 0.5) is 4.79 Å². The third kappa shape index (κ3) is 19.9. The molecule has 1 aliphatic rings. The zero-order valence-electron chi connectivity index (χ0n) is 25.8. The molecule has 1 atom stereocenters. The highest BCUT2D eigenvalue weighted by atomic mass is 16.5. The molecule has 1 aliphatic carbocycles. The Kier molecular flexibility index (Phi) is 25.1. The van der Waals surface area contributed by atoms with E-state index in [0.717, 1.165) is 5.56 Å². The van der Waals surface area contributed by atoms with E-state index in [0.29, 0.717) is 18.2 Å². The monoisotopic (exact) mass is 552 g/mol. The van der Waals surface area contributed by atoms with Crippen LogP contribution in [0.2, 0.25) is 0 Å². The molecule has 0 spiro atoms. The van der Waals surface area contributed by atoms with Crippen molar-refractivity contribution in [1.82, 2.24) is 10.6 Å². The molecule has 1 saturated carbocycles. The maximum atomic E-state index is 12.1. The molecule has 0 radical (unpaired) electrons. The zero-order chi connectivity index (χ0) is 30.1. The van der Waals surface area contributed by atoms with E-state index >= 15 is 0 Å². The topological polar surface area (TPSA) is 114 Å². The van der Waals surface area contributed by atoms with Crippen LogP contribution < -0.4 is 15.4 Å². The lowest BCUT2D eigenvalue weighted by Crippen LogP contribution is -2.44. The number of aliphatic carboxylic acids is 1. The Balaban J connectivity index is 0. The van der Waals surface area contributed by atoms with E-state index in [9.17, 15) is 14.4 Å². The van der Waals surface area contributed by atoms with Crippen molar-refractivity contribution in [2.45, 2.75) is 119 Å². The van der Waals surface area contributed by atoms with Crippen molar-refractivity contribution < 1.29 is 29.0 Å². The van der Waals surface area contributed by atoms with Crippen LogP contribution in [0.3, 0.4) is 0 Å². The lowest BCUT2D eigenvalue weighted by molar-refractivity contribution is -0.140. The van der Waals surface area contributed by atoms with Gasteiger partial charge in [0.15, 0.2) is 6.61 Å². The van der Waals surface area contributed by atoms with Gasteiger partial charge in [0.05, 0.1) is 0 Å². The number of carboxylic acid groups (broad SMARTS) is 1. The molecule has 1 unspecified atom stereocenters. The maximum Gasteiger partial charge on any atom is 0.408 e. The largest absolute Gasteiger partial charge is 0.484 e. The fourth-order valence-electron chi connectivity index (χ4n) is 3.72. The Morgan fingerprint density at radius 1 is 0.923 bits per heavy atom. The van der Waals surface area contributed by atoms with Crippen molar-refractivity contribution in [1.29, 1.82) is 0 Å². The van der Waals surface area contributed by atoms with E-state index in [1.807, 2.05) is 27.7 Å². The highest BCUT2D eigenvalue weighted by molar-refractivity contribution is 5.80. The molecular weight excluding hydrogens is 496 g/mol. The van der Waals surface area contributed by atoms with E-state index in [1.165, 1.54) is 51.4 Å². The van der Waals surface area contributed by atoms with Crippen molar-refractivity contribution >= 4 is 18.0 Å². The first-order chi connectivity index (χ1) is 18.8. The second kappa shape index (κ2) is 25.5. The number of benzene rings is 1. The molecule has 0 heterocycles. The van der Waals surface area contributed by atoms with Gasteiger partial charge in [-0.3, -0.25) is 4.79 Å². The van der Waals surface area contributed by atoms with Gasteiger partial charge in [-0.15, -0.1) is 0 Å². The molecule has 1 fully saturated rings. The molecule has 2 amide bonds. The molecule has 1 aromatic rings. The van der Waals surface area contributed by atoms with Gasteiger partial charge in [-0.2, -0.15) is 0 Å². The third-order valence-corrected chi connectivity index (χ3v) is 5.68. The summed E-state index contributed by atoms with van der Waals surface area (Å²) in [5, 5.41) is 14.4. The molecule has 0 saturated heterocycles. The zero-order valence-corrected chi connectivity index (χ0v) is 25.8. The Labute approximate surface area is 237 Å². The van der Waals surface area contributed by atoms with Gasteiger partial charge in [-0.1, -0.05) is 106 Å².